The molecule has 4 aromatic rings. The molecular weight excluding hydrogens is 388 g/mol. The average molecular weight is 404 g/mol. The highest BCUT2D eigenvalue weighted by molar-refractivity contribution is 7.99. The van der Waals surface area contributed by atoms with E-state index in [4.69, 9.17) is 4.42 Å². The van der Waals surface area contributed by atoms with Crippen molar-refractivity contribution in [2.45, 2.75) is 17.2 Å². The molecule has 0 saturated carbocycles. The zero-order valence-corrected chi connectivity index (χ0v) is 16.2. The van der Waals surface area contributed by atoms with Gasteiger partial charge in [-0.2, -0.15) is 9.78 Å². The number of nitrogens with zero attached hydrogens (tertiary/aromatic N) is 5. The maximum atomic E-state index is 12.2. The first kappa shape index (κ1) is 18.6. The minimum absolute atomic E-state index is 0.275. The van der Waals surface area contributed by atoms with E-state index in [1.165, 1.54) is 18.0 Å². The van der Waals surface area contributed by atoms with Crippen LogP contribution in [-0.4, -0.2) is 32.3 Å². The molecule has 2 heterocycles. The van der Waals surface area contributed by atoms with E-state index < -0.39 is 0 Å². The third-order valence-electron chi connectivity index (χ3n) is 3.98. The lowest BCUT2D eigenvalue weighted by atomic mass is 10.1. The topological polar surface area (TPSA) is 98.2 Å². The van der Waals surface area contributed by atoms with Crippen LogP contribution in [0.15, 0.2) is 86.5 Å². The van der Waals surface area contributed by atoms with Crippen LogP contribution in [0, 0.1) is 6.92 Å². The van der Waals surface area contributed by atoms with Gasteiger partial charge in [0.05, 0.1) is 11.9 Å². The van der Waals surface area contributed by atoms with Gasteiger partial charge < -0.3 is 4.42 Å². The molecule has 144 valence electrons. The number of hydrogen-bond acceptors (Lipinski definition) is 7. The van der Waals surface area contributed by atoms with Crippen LogP contribution in [0.1, 0.15) is 21.7 Å². The van der Waals surface area contributed by atoms with Gasteiger partial charge in [0.15, 0.2) is 5.09 Å². The van der Waals surface area contributed by atoms with Crippen LogP contribution in [0.5, 0.6) is 0 Å². The summed E-state index contributed by atoms with van der Waals surface area (Å²) in [6, 6.07) is 20.4. The van der Waals surface area contributed by atoms with Crippen molar-refractivity contribution in [3.63, 3.8) is 0 Å². The summed E-state index contributed by atoms with van der Waals surface area (Å²) in [6.45, 7) is 1.87. The first-order chi connectivity index (χ1) is 14.2. The third-order valence-corrected chi connectivity index (χ3v) is 4.84. The number of carbonyl (C=O) groups excluding carboxylic acids is 1. The maximum Gasteiger partial charge on any atom is 0.271 e. The summed E-state index contributed by atoms with van der Waals surface area (Å²) in [5.74, 6) is 0.221. The number of nitrogens with one attached hydrogen (secondary N) is 1. The van der Waals surface area contributed by atoms with E-state index in [-0.39, 0.29) is 5.91 Å². The van der Waals surface area contributed by atoms with Crippen LogP contribution < -0.4 is 5.43 Å². The number of rotatable bonds is 6. The molecule has 0 aliphatic rings. The van der Waals surface area contributed by atoms with E-state index in [2.05, 4.69) is 26.1 Å². The van der Waals surface area contributed by atoms with Crippen LogP contribution in [0.25, 0.3) is 5.69 Å². The summed E-state index contributed by atoms with van der Waals surface area (Å²) in [7, 11) is 0. The molecule has 0 atom stereocenters. The highest BCUT2D eigenvalue weighted by atomic mass is 32.2. The molecule has 0 saturated heterocycles. The Labute approximate surface area is 170 Å². The third kappa shape index (κ3) is 4.41. The van der Waals surface area contributed by atoms with Crippen LogP contribution >= 0.6 is 11.8 Å². The Balaban J connectivity index is 1.41. The summed E-state index contributed by atoms with van der Waals surface area (Å²) in [6.07, 6.45) is 1.44. The number of amides is 1. The lowest BCUT2D eigenvalue weighted by molar-refractivity contribution is 0.0954. The van der Waals surface area contributed by atoms with Crippen molar-refractivity contribution in [3.8, 4) is 5.69 Å². The van der Waals surface area contributed by atoms with E-state index >= 15 is 0 Å². The Morgan fingerprint density at radius 3 is 2.72 bits per heavy atom. The molecule has 0 bridgehead atoms. The van der Waals surface area contributed by atoms with Crippen molar-refractivity contribution >= 4 is 23.9 Å². The van der Waals surface area contributed by atoms with Gasteiger partial charge in [-0.15, -0.1) is 5.10 Å². The second kappa shape index (κ2) is 8.53. The maximum absolute atomic E-state index is 12.2. The van der Waals surface area contributed by atoms with E-state index in [9.17, 15) is 4.79 Å². The van der Waals surface area contributed by atoms with Gasteiger partial charge in [-0.05, 0) is 65.0 Å². The van der Waals surface area contributed by atoms with Crippen LogP contribution in [0.2, 0.25) is 0 Å². The van der Waals surface area contributed by atoms with Gasteiger partial charge in [0.25, 0.3) is 5.91 Å². The number of carbonyl (C=O) groups is 1. The molecular formula is C20H16N6O2S. The fourth-order valence-electron chi connectivity index (χ4n) is 2.56. The van der Waals surface area contributed by atoms with Crippen molar-refractivity contribution in [1.29, 1.82) is 0 Å². The summed E-state index contributed by atoms with van der Waals surface area (Å²) in [5.41, 5.74) is 4.81. The summed E-state index contributed by atoms with van der Waals surface area (Å²) in [4.78, 5) is 12.2. The first-order valence-electron chi connectivity index (χ1n) is 8.71. The number of hydrogen-bond donors (Lipinski definition) is 1. The molecule has 9 heteroatoms. The van der Waals surface area contributed by atoms with Crippen LogP contribution in [-0.2, 0) is 0 Å². The predicted molar refractivity (Wildman–Crippen MR) is 108 cm³/mol. The fourth-order valence-corrected chi connectivity index (χ4v) is 3.32. The normalized spacial score (nSPS) is 11.1. The Morgan fingerprint density at radius 1 is 1.10 bits per heavy atom. The number of benzene rings is 2. The fraction of sp³-hybridized carbons (Fsp3) is 0.0500. The van der Waals surface area contributed by atoms with Crippen molar-refractivity contribution in [3.05, 3.63) is 83.6 Å². The minimum Gasteiger partial charge on any atom is -0.448 e. The number of aromatic nitrogens is 4. The van der Waals surface area contributed by atoms with Crippen LogP contribution in [0.4, 0.5) is 0 Å². The van der Waals surface area contributed by atoms with Crippen molar-refractivity contribution in [2.24, 2.45) is 5.10 Å². The summed E-state index contributed by atoms with van der Waals surface area (Å²) in [5, 5.41) is 16.9. The number of furan rings is 1. The van der Waals surface area contributed by atoms with E-state index in [0.717, 1.165) is 11.3 Å². The number of aryl methyl sites for hydroxylation is 1. The van der Waals surface area contributed by atoms with E-state index in [1.54, 1.807) is 22.9 Å². The molecule has 2 aromatic carbocycles. The Morgan fingerprint density at radius 2 is 1.90 bits per heavy atom. The van der Waals surface area contributed by atoms with E-state index in [1.807, 2.05) is 55.5 Å². The molecule has 1 amide bonds. The van der Waals surface area contributed by atoms with Gasteiger partial charge in [-0.1, -0.05) is 36.4 Å². The van der Waals surface area contributed by atoms with Gasteiger partial charge in [0.1, 0.15) is 5.76 Å². The molecule has 0 spiro atoms. The molecule has 4 rings (SSSR count). The highest BCUT2D eigenvalue weighted by Gasteiger charge is 2.12. The Kier molecular flexibility index (Phi) is 5.48. The standard InChI is InChI=1S/C20H16N6O2S/c1-14-7-5-6-10-17(14)19(27)22-21-13-16-11-12-18(28-16)29-20-23-24-25-26(20)15-8-3-2-4-9-15/h2-13H,1H3,(H,22,27)/b21-13-. The molecule has 0 aliphatic carbocycles. The average Bonchev–Trinajstić information content (AvgIpc) is 3.39. The molecule has 1 N–H and O–H groups in total. The SMILES string of the molecule is Cc1ccccc1C(=O)N/N=C\c1ccc(Sc2nnnn2-c2ccccc2)o1. The number of hydrazone groups is 1. The van der Waals surface area contributed by atoms with E-state index in [0.29, 0.717) is 21.6 Å². The predicted octanol–water partition coefficient (Wildman–Crippen LogP) is 3.48. The molecule has 0 unspecified atom stereocenters. The van der Waals surface area contributed by atoms with Gasteiger partial charge in [-0.3, -0.25) is 4.79 Å². The second-order valence-electron chi connectivity index (χ2n) is 5.98. The monoisotopic (exact) mass is 404 g/mol. The molecule has 29 heavy (non-hydrogen) atoms. The van der Waals surface area contributed by atoms with Gasteiger partial charge >= 0.3 is 0 Å². The number of tetrazole rings is 1. The largest absolute Gasteiger partial charge is 0.448 e. The Hall–Kier alpha value is -3.72. The van der Waals surface area contributed by atoms with Crippen molar-refractivity contribution < 1.29 is 9.21 Å². The van der Waals surface area contributed by atoms with Crippen molar-refractivity contribution in [2.75, 3.05) is 0 Å². The van der Waals surface area contributed by atoms with Crippen molar-refractivity contribution in [1.82, 2.24) is 25.6 Å². The summed E-state index contributed by atoms with van der Waals surface area (Å²) < 4.78 is 7.34. The van der Waals surface area contributed by atoms with Gasteiger partial charge in [0, 0.05) is 5.56 Å². The zero-order valence-electron chi connectivity index (χ0n) is 15.4. The molecule has 8 nitrogen and oxygen atoms in total. The quantitative estimate of drug-likeness (QED) is 0.390. The van der Waals surface area contributed by atoms with Gasteiger partial charge in [-0.25, -0.2) is 5.43 Å². The molecule has 2 aromatic heterocycles. The molecule has 0 fully saturated rings. The zero-order chi connectivity index (χ0) is 20.1. The summed E-state index contributed by atoms with van der Waals surface area (Å²) >= 11 is 1.29. The highest BCUT2D eigenvalue weighted by Crippen LogP contribution is 2.28. The Bertz CT molecular complexity index is 1150. The van der Waals surface area contributed by atoms with Gasteiger partial charge in [0.2, 0.25) is 5.16 Å². The lowest BCUT2D eigenvalue weighted by Crippen LogP contribution is -2.18. The smallest absolute Gasteiger partial charge is 0.271 e. The second-order valence-corrected chi connectivity index (χ2v) is 6.95. The van der Waals surface area contributed by atoms with Crippen LogP contribution in [0.3, 0.4) is 0 Å². The first-order valence-corrected chi connectivity index (χ1v) is 9.53. The number of para-hydroxylation sites is 1. The molecule has 0 radical (unpaired) electrons. The molecule has 0 aliphatic heterocycles. The minimum atomic E-state index is -0.275. The lowest BCUT2D eigenvalue weighted by Gasteiger charge is -2.02.